The Morgan fingerprint density at radius 2 is 2.00 bits per heavy atom. The summed E-state index contributed by atoms with van der Waals surface area (Å²) in [6.07, 6.45) is 6.86. The lowest BCUT2D eigenvalue weighted by atomic mass is 9.74. The summed E-state index contributed by atoms with van der Waals surface area (Å²) in [4.78, 5) is 11.1. The molecule has 0 bridgehead atoms. The minimum atomic E-state index is -0.191. The average Bonchev–Trinajstić information content (AvgIpc) is 2.18. The Balaban J connectivity index is 2.64. The molecule has 3 N–H and O–H groups in total. The van der Waals surface area contributed by atoms with Gasteiger partial charge in [-0.05, 0) is 32.2 Å². The van der Waals surface area contributed by atoms with Crippen LogP contribution in [0.4, 0.5) is 0 Å². The van der Waals surface area contributed by atoms with E-state index in [9.17, 15) is 4.79 Å². The Labute approximate surface area is 92.8 Å². The van der Waals surface area contributed by atoms with Gasteiger partial charge in [-0.25, -0.2) is 0 Å². The largest absolute Gasteiger partial charge is 0.370 e. The first-order valence-corrected chi connectivity index (χ1v) is 6.12. The molecule has 0 aliphatic heterocycles. The normalized spacial score (nSPS) is 22.3. The number of hydrogen-bond donors (Lipinski definition) is 2. The van der Waals surface area contributed by atoms with Crippen molar-refractivity contribution in [3.63, 3.8) is 0 Å². The van der Waals surface area contributed by atoms with E-state index in [1.807, 2.05) is 0 Å². The molecule has 3 heteroatoms. The fourth-order valence-corrected chi connectivity index (χ4v) is 2.86. The number of rotatable bonds is 5. The van der Waals surface area contributed by atoms with E-state index in [-0.39, 0.29) is 11.4 Å². The predicted molar refractivity (Wildman–Crippen MR) is 62.5 cm³/mol. The first kappa shape index (κ1) is 12.5. The number of carbonyl (C=O) groups excluding carboxylic acids is 1. The van der Waals surface area contributed by atoms with Crippen LogP contribution in [0.5, 0.6) is 0 Å². The van der Waals surface area contributed by atoms with Gasteiger partial charge in [0.15, 0.2) is 0 Å². The van der Waals surface area contributed by atoms with E-state index in [0.717, 1.165) is 6.54 Å². The number of nitrogens with two attached hydrogens (primary N) is 1. The number of carbonyl (C=O) groups is 1. The van der Waals surface area contributed by atoms with Crippen molar-refractivity contribution in [3.8, 4) is 0 Å². The summed E-state index contributed by atoms with van der Waals surface area (Å²) in [5, 5.41) is 3.46. The highest BCUT2D eigenvalue weighted by Gasteiger charge is 2.35. The van der Waals surface area contributed by atoms with E-state index >= 15 is 0 Å². The molecule has 1 atom stereocenters. The fourth-order valence-electron chi connectivity index (χ4n) is 2.86. The van der Waals surface area contributed by atoms with Crippen LogP contribution in [0.2, 0.25) is 0 Å². The molecule has 15 heavy (non-hydrogen) atoms. The van der Waals surface area contributed by atoms with E-state index in [0.29, 0.717) is 12.3 Å². The highest BCUT2D eigenvalue weighted by Crippen LogP contribution is 2.34. The van der Waals surface area contributed by atoms with Gasteiger partial charge in [0.1, 0.15) is 0 Å². The van der Waals surface area contributed by atoms with E-state index < -0.39 is 0 Å². The van der Waals surface area contributed by atoms with Gasteiger partial charge in [-0.3, -0.25) is 4.79 Å². The van der Waals surface area contributed by atoms with Crippen LogP contribution in [0.1, 0.15) is 52.4 Å². The van der Waals surface area contributed by atoms with Crippen LogP contribution in [-0.2, 0) is 4.79 Å². The third-order valence-electron chi connectivity index (χ3n) is 3.63. The Morgan fingerprint density at radius 3 is 2.47 bits per heavy atom. The summed E-state index contributed by atoms with van der Waals surface area (Å²) in [5.74, 6) is 0.419. The molecular formula is C12H24N2O. The molecule has 3 nitrogen and oxygen atoms in total. The first-order valence-electron chi connectivity index (χ1n) is 6.12. The summed E-state index contributed by atoms with van der Waals surface area (Å²) in [7, 11) is 0. The quantitative estimate of drug-likeness (QED) is 0.730. The van der Waals surface area contributed by atoms with E-state index in [1.165, 1.54) is 32.1 Å². The zero-order valence-corrected chi connectivity index (χ0v) is 10.0. The lowest BCUT2D eigenvalue weighted by molar-refractivity contribution is -0.120. The highest BCUT2D eigenvalue weighted by atomic mass is 16.1. The lowest BCUT2D eigenvalue weighted by Gasteiger charge is -2.40. The van der Waals surface area contributed by atoms with Crippen LogP contribution in [0.25, 0.3) is 0 Å². The van der Waals surface area contributed by atoms with Crippen molar-refractivity contribution in [1.29, 1.82) is 0 Å². The molecule has 0 spiro atoms. The van der Waals surface area contributed by atoms with Crippen molar-refractivity contribution < 1.29 is 4.79 Å². The van der Waals surface area contributed by atoms with Crippen LogP contribution in [-0.4, -0.2) is 18.0 Å². The molecule has 0 heterocycles. The van der Waals surface area contributed by atoms with Gasteiger partial charge in [0.2, 0.25) is 5.91 Å². The third kappa shape index (κ3) is 3.49. The van der Waals surface area contributed by atoms with E-state index in [4.69, 9.17) is 5.73 Å². The molecule has 0 aromatic rings. The second-order valence-electron chi connectivity index (χ2n) is 4.93. The Hall–Kier alpha value is -0.570. The van der Waals surface area contributed by atoms with Gasteiger partial charge in [0, 0.05) is 12.0 Å². The van der Waals surface area contributed by atoms with Crippen molar-refractivity contribution in [3.05, 3.63) is 0 Å². The summed E-state index contributed by atoms with van der Waals surface area (Å²) in [6, 6.07) is 0. The van der Waals surface area contributed by atoms with Crippen molar-refractivity contribution in [2.24, 2.45) is 11.7 Å². The highest BCUT2D eigenvalue weighted by molar-refractivity contribution is 5.75. The summed E-state index contributed by atoms with van der Waals surface area (Å²) in [5.41, 5.74) is 5.25. The van der Waals surface area contributed by atoms with Crippen molar-refractivity contribution in [2.75, 3.05) is 6.54 Å². The smallest absolute Gasteiger partial charge is 0.219 e. The van der Waals surface area contributed by atoms with Crippen molar-refractivity contribution >= 4 is 5.91 Å². The molecular weight excluding hydrogens is 188 g/mol. The third-order valence-corrected chi connectivity index (χ3v) is 3.63. The minimum Gasteiger partial charge on any atom is -0.370 e. The van der Waals surface area contributed by atoms with Gasteiger partial charge in [-0.2, -0.15) is 0 Å². The Kier molecular flexibility index (Phi) is 4.58. The molecule has 1 aliphatic carbocycles. The molecule has 0 aromatic carbocycles. The number of amides is 1. The van der Waals surface area contributed by atoms with Crippen molar-refractivity contribution in [2.45, 2.75) is 57.9 Å². The maximum Gasteiger partial charge on any atom is 0.219 e. The van der Waals surface area contributed by atoms with Crippen LogP contribution in [0.3, 0.4) is 0 Å². The summed E-state index contributed by atoms with van der Waals surface area (Å²) in [6.45, 7) is 5.14. The van der Waals surface area contributed by atoms with Gasteiger partial charge in [0.25, 0.3) is 0 Å². The van der Waals surface area contributed by atoms with Crippen molar-refractivity contribution in [1.82, 2.24) is 5.32 Å². The number of nitrogens with one attached hydrogen (secondary N) is 1. The molecule has 1 amide bonds. The van der Waals surface area contributed by atoms with Gasteiger partial charge in [0.05, 0.1) is 0 Å². The average molecular weight is 212 g/mol. The second kappa shape index (κ2) is 5.50. The lowest BCUT2D eigenvalue weighted by Crippen LogP contribution is -2.51. The number of primary amides is 1. The van der Waals surface area contributed by atoms with E-state index in [1.54, 1.807) is 0 Å². The molecule has 0 saturated heterocycles. The molecule has 0 radical (unpaired) electrons. The molecule has 1 aliphatic rings. The van der Waals surface area contributed by atoms with Crippen LogP contribution >= 0.6 is 0 Å². The Morgan fingerprint density at radius 1 is 1.40 bits per heavy atom. The standard InChI is InChI=1S/C12H24N2O/c1-3-14-12(2,9-11(13)15)10-7-5-4-6-8-10/h10,14H,3-9H2,1-2H3,(H2,13,15). The zero-order chi connectivity index (χ0) is 11.3. The van der Waals surface area contributed by atoms with Crippen LogP contribution < -0.4 is 11.1 Å². The topological polar surface area (TPSA) is 55.1 Å². The molecule has 1 unspecified atom stereocenters. The van der Waals surface area contributed by atoms with Gasteiger partial charge < -0.3 is 11.1 Å². The monoisotopic (exact) mass is 212 g/mol. The Bertz CT molecular complexity index is 212. The maximum absolute atomic E-state index is 11.1. The maximum atomic E-state index is 11.1. The summed E-state index contributed by atoms with van der Waals surface area (Å²) >= 11 is 0. The zero-order valence-electron chi connectivity index (χ0n) is 10.0. The van der Waals surface area contributed by atoms with Crippen LogP contribution in [0, 0.1) is 5.92 Å². The number of hydrogen-bond acceptors (Lipinski definition) is 2. The van der Waals surface area contributed by atoms with Crippen LogP contribution in [0.15, 0.2) is 0 Å². The first-order chi connectivity index (χ1) is 7.08. The molecule has 1 saturated carbocycles. The van der Waals surface area contributed by atoms with Gasteiger partial charge in [-0.15, -0.1) is 0 Å². The fraction of sp³-hybridized carbons (Fsp3) is 0.917. The SMILES string of the molecule is CCNC(C)(CC(N)=O)C1CCCCC1. The molecule has 1 rings (SSSR count). The molecule has 0 aromatic heterocycles. The minimum absolute atomic E-state index is 0.0823. The van der Waals surface area contributed by atoms with Gasteiger partial charge in [-0.1, -0.05) is 26.2 Å². The van der Waals surface area contributed by atoms with E-state index in [2.05, 4.69) is 19.2 Å². The molecule has 1 fully saturated rings. The van der Waals surface area contributed by atoms with Gasteiger partial charge >= 0.3 is 0 Å². The molecule has 88 valence electrons. The summed E-state index contributed by atoms with van der Waals surface area (Å²) < 4.78 is 0. The predicted octanol–water partition coefficient (Wildman–Crippen LogP) is 1.81. The second-order valence-corrected chi connectivity index (χ2v) is 4.93.